The van der Waals surface area contributed by atoms with E-state index >= 15 is 0 Å². The number of hydrogen-bond acceptors (Lipinski definition) is 6. The van der Waals surface area contributed by atoms with Crippen molar-refractivity contribution >= 4 is 28.9 Å². The maximum atomic E-state index is 5.57. The summed E-state index contributed by atoms with van der Waals surface area (Å²) in [6.07, 6.45) is 3.64. The fraction of sp³-hybridized carbons (Fsp3) is 0.200. The van der Waals surface area contributed by atoms with Gasteiger partial charge in [-0.1, -0.05) is 6.08 Å². The van der Waals surface area contributed by atoms with Crippen molar-refractivity contribution < 1.29 is 9.47 Å². The summed E-state index contributed by atoms with van der Waals surface area (Å²) in [4.78, 5) is 6.49. The molecule has 0 amide bonds. The quantitative estimate of drug-likeness (QED) is 0.431. The average Bonchev–Trinajstić information content (AvgIpc) is 3.29. The number of aromatic nitrogens is 1. The number of methoxy groups -OCH3 is 2. The third kappa shape index (κ3) is 4.20. The van der Waals surface area contributed by atoms with E-state index in [0.29, 0.717) is 6.54 Å². The highest BCUT2D eigenvalue weighted by atomic mass is 32.1. The van der Waals surface area contributed by atoms with Crippen molar-refractivity contribution in [3.05, 3.63) is 62.9 Å². The number of ether oxygens (including phenoxy) is 2. The van der Waals surface area contributed by atoms with Crippen molar-refractivity contribution in [2.24, 2.45) is 10.1 Å². The summed E-state index contributed by atoms with van der Waals surface area (Å²) in [5.41, 5.74) is 3.04. The van der Waals surface area contributed by atoms with E-state index in [-0.39, 0.29) is 0 Å². The van der Waals surface area contributed by atoms with Crippen molar-refractivity contribution in [2.45, 2.75) is 6.92 Å². The van der Waals surface area contributed by atoms with Gasteiger partial charge in [0.15, 0.2) is 0 Å². The van der Waals surface area contributed by atoms with Gasteiger partial charge in [-0.3, -0.25) is 4.99 Å². The van der Waals surface area contributed by atoms with Gasteiger partial charge in [-0.05, 0) is 36.1 Å². The molecule has 2 heterocycles. The molecule has 0 aliphatic rings. The van der Waals surface area contributed by atoms with E-state index in [0.717, 1.165) is 32.4 Å². The SMILES string of the molecule is C=CCN=c1scc(-c2ccc(OC)cc2OC)n1N=Cc1sccc1C. The lowest BCUT2D eigenvalue weighted by Crippen LogP contribution is -2.12. The largest absolute Gasteiger partial charge is 0.497 e. The molecule has 0 radical (unpaired) electrons. The molecule has 0 saturated heterocycles. The predicted octanol–water partition coefficient (Wildman–Crippen LogP) is 4.57. The molecule has 3 aromatic rings. The highest BCUT2D eigenvalue weighted by Crippen LogP contribution is 2.33. The minimum absolute atomic E-state index is 0.535. The van der Waals surface area contributed by atoms with Crippen LogP contribution in [-0.4, -0.2) is 31.7 Å². The molecular weight excluding hydrogens is 378 g/mol. The maximum absolute atomic E-state index is 5.57. The predicted molar refractivity (Wildman–Crippen MR) is 114 cm³/mol. The summed E-state index contributed by atoms with van der Waals surface area (Å²) in [6, 6.07) is 7.83. The van der Waals surface area contributed by atoms with Gasteiger partial charge >= 0.3 is 0 Å². The Labute approximate surface area is 166 Å². The first-order valence-electron chi connectivity index (χ1n) is 8.30. The summed E-state index contributed by atoms with van der Waals surface area (Å²) in [7, 11) is 3.29. The molecule has 0 atom stereocenters. The molecule has 27 heavy (non-hydrogen) atoms. The molecule has 7 heteroatoms. The molecule has 0 N–H and O–H groups in total. The van der Waals surface area contributed by atoms with Crippen molar-refractivity contribution in [1.29, 1.82) is 0 Å². The van der Waals surface area contributed by atoms with Crippen molar-refractivity contribution in [1.82, 2.24) is 4.68 Å². The van der Waals surface area contributed by atoms with Crippen LogP contribution in [0.2, 0.25) is 0 Å². The molecule has 1 aromatic carbocycles. The standard InChI is InChI=1S/C20H21N3O2S2/c1-5-9-21-20-23(22-12-19-14(2)8-10-26-19)17(13-27-20)16-7-6-15(24-3)11-18(16)25-4/h5-8,10-13H,1,9H2,2-4H3. The average molecular weight is 400 g/mol. The molecule has 0 aliphatic carbocycles. The van der Waals surface area contributed by atoms with Crippen molar-refractivity contribution in [3.63, 3.8) is 0 Å². The van der Waals surface area contributed by atoms with E-state index in [1.165, 1.54) is 16.9 Å². The fourth-order valence-corrected chi connectivity index (χ4v) is 4.10. The van der Waals surface area contributed by atoms with Gasteiger partial charge in [-0.15, -0.1) is 29.3 Å². The number of aryl methyl sites for hydroxylation is 1. The van der Waals surface area contributed by atoms with E-state index in [4.69, 9.17) is 14.6 Å². The van der Waals surface area contributed by atoms with Crippen LogP contribution in [0.25, 0.3) is 11.3 Å². The van der Waals surface area contributed by atoms with Gasteiger partial charge in [0.2, 0.25) is 4.80 Å². The van der Waals surface area contributed by atoms with Gasteiger partial charge in [0.25, 0.3) is 0 Å². The van der Waals surface area contributed by atoms with Crippen LogP contribution in [0.1, 0.15) is 10.4 Å². The Balaban J connectivity index is 2.14. The molecule has 5 nitrogen and oxygen atoms in total. The van der Waals surface area contributed by atoms with Crippen molar-refractivity contribution in [3.8, 4) is 22.8 Å². The Hall–Kier alpha value is -2.64. The van der Waals surface area contributed by atoms with Crippen LogP contribution < -0.4 is 14.3 Å². The third-order valence-electron chi connectivity index (χ3n) is 3.92. The molecule has 0 bridgehead atoms. The molecule has 2 aromatic heterocycles. The smallest absolute Gasteiger partial charge is 0.206 e. The highest BCUT2D eigenvalue weighted by Gasteiger charge is 2.13. The fourth-order valence-electron chi connectivity index (χ4n) is 2.48. The molecule has 0 spiro atoms. The van der Waals surface area contributed by atoms with Gasteiger partial charge < -0.3 is 9.47 Å². The highest BCUT2D eigenvalue weighted by molar-refractivity contribution is 7.11. The first-order chi connectivity index (χ1) is 13.2. The van der Waals surface area contributed by atoms with E-state index in [1.54, 1.807) is 31.6 Å². The van der Waals surface area contributed by atoms with E-state index in [1.807, 2.05) is 34.5 Å². The zero-order valence-corrected chi connectivity index (χ0v) is 17.1. The number of thiophene rings is 1. The summed E-state index contributed by atoms with van der Waals surface area (Å²) >= 11 is 3.19. The lowest BCUT2D eigenvalue weighted by molar-refractivity contribution is 0.395. The Bertz CT molecular complexity index is 1030. The minimum Gasteiger partial charge on any atom is -0.497 e. The number of hydrogen-bond donors (Lipinski definition) is 0. The van der Waals surface area contributed by atoms with Gasteiger partial charge in [-0.25, -0.2) is 4.68 Å². The Kier molecular flexibility index (Phi) is 6.26. The number of rotatable bonds is 7. The Morgan fingerprint density at radius 2 is 2.04 bits per heavy atom. The lowest BCUT2D eigenvalue weighted by atomic mass is 10.1. The second-order valence-electron chi connectivity index (χ2n) is 5.62. The second-order valence-corrected chi connectivity index (χ2v) is 7.41. The molecule has 3 rings (SSSR count). The van der Waals surface area contributed by atoms with Crippen molar-refractivity contribution in [2.75, 3.05) is 20.8 Å². The zero-order chi connectivity index (χ0) is 19.2. The van der Waals surface area contributed by atoms with Gasteiger partial charge in [-0.2, -0.15) is 5.10 Å². The Morgan fingerprint density at radius 3 is 2.70 bits per heavy atom. The summed E-state index contributed by atoms with van der Waals surface area (Å²) in [6.45, 7) is 6.36. The minimum atomic E-state index is 0.535. The first kappa shape index (κ1) is 19.1. The second kappa shape index (κ2) is 8.83. The number of thiazole rings is 1. The number of benzene rings is 1. The normalized spacial score (nSPS) is 11.9. The topological polar surface area (TPSA) is 48.1 Å². The maximum Gasteiger partial charge on any atom is 0.206 e. The summed E-state index contributed by atoms with van der Waals surface area (Å²) in [5.74, 6) is 1.46. The van der Waals surface area contributed by atoms with E-state index in [2.05, 4.69) is 29.9 Å². The third-order valence-corrected chi connectivity index (χ3v) is 5.73. The van der Waals surface area contributed by atoms with Gasteiger partial charge in [0.1, 0.15) is 11.5 Å². The lowest BCUT2D eigenvalue weighted by Gasteiger charge is -2.10. The summed E-state index contributed by atoms with van der Waals surface area (Å²) < 4.78 is 12.7. The van der Waals surface area contributed by atoms with E-state index < -0.39 is 0 Å². The molecular formula is C20H21N3O2S2. The van der Waals surface area contributed by atoms with Crippen LogP contribution >= 0.6 is 22.7 Å². The molecule has 0 unspecified atom stereocenters. The molecule has 0 fully saturated rings. The summed E-state index contributed by atoms with van der Waals surface area (Å²) in [5, 5.41) is 8.81. The zero-order valence-electron chi connectivity index (χ0n) is 15.5. The van der Waals surface area contributed by atoms with Crippen LogP contribution in [0.3, 0.4) is 0 Å². The van der Waals surface area contributed by atoms with Crippen LogP contribution in [-0.2, 0) is 0 Å². The van der Waals surface area contributed by atoms with E-state index in [9.17, 15) is 0 Å². The molecule has 140 valence electrons. The van der Waals surface area contributed by atoms with Crippen LogP contribution in [0.15, 0.2) is 57.8 Å². The van der Waals surface area contributed by atoms with Crippen LogP contribution in [0.4, 0.5) is 0 Å². The van der Waals surface area contributed by atoms with Gasteiger partial charge in [0.05, 0.1) is 37.6 Å². The Morgan fingerprint density at radius 1 is 1.19 bits per heavy atom. The first-order valence-corrected chi connectivity index (χ1v) is 10.1. The monoisotopic (exact) mass is 399 g/mol. The van der Waals surface area contributed by atoms with Crippen LogP contribution in [0, 0.1) is 6.92 Å². The van der Waals surface area contributed by atoms with Gasteiger partial charge in [0, 0.05) is 17.0 Å². The molecule has 0 saturated carbocycles. The van der Waals surface area contributed by atoms with Crippen LogP contribution in [0.5, 0.6) is 11.5 Å². The number of nitrogens with zero attached hydrogens (tertiary/aromatic N) is 3. The molecule has 0 aliphatic heterocycles.